The predicted octanol–water partition coefficient (Wildman–Crippen LogP) is 5.43. The summed E-state index contributed by atoms with van der Waals surface area (Å²) in [5.41, 5.74) is 0.322. The molecule has 0 unspecified atom stereocenters. The first-order valence-corrected chi connectivity index (χ1v) is 6.77. The number of benzene rings is 2. The molecule has 0 aromatic heterocycles. The van der Waals surface area contributed by atoms with Crippen LogP contribution in [0.3, 0.4) is 0 Å². The lowest BCUT2D eigenvalue weighted by Crippen LogP contribution is -1.96. The van der Waals surface area contributed by atoms with E-state index in [1.54, 1.807) is 18.2 Å². The summed E-state index contributed by atoms with van der Waals surface area (Å²) in [6.07, 6.45) is 0. The van der Waals surface area contributed by atoms with Crippen LogP contribution in [0.25, 0.3) is 0 Å². The van der Waals surface area contributed by atoms with Gasteiger partial charge in [0.1, 0.15) is 5.75 Å². The van der Waals surface area contributed by atoms with Gasteiger partial charge in [-0.15, -0.1) is 11.6 Å². The fraction of sp³-hybridized carbons (Fsp3) is 0.0769. The van der Waals surface area contributed by atoms with Gasteiger partial charge in [-0.2, -0.15) is 0 Å². The van der Waals surface area contributed by atoms with E-state index in [4.69, 9.17) is 39.5 Å². The number of alkyl halides is 1. The Morgan fingerprint density at radius 1 is 1.10 bits per heavy atom. The molecule has 0 N–H and O–H groups in total. The average Bonchev–Trinajstić information content (AvgIpc) is 2.41. The van der Waals surface area contributed by atoms with Crippen LogP contribution in [-0.2, 0) is 5.88 Å². The van der Waals surface area contributed by atoms with E-state index in [1.807, 2.05) is 0 Å². The summed E-state index contributed by atoms with van der Waals surface area (Å²) in [5.74, 6) is 0.421. The molecule has 0 aliphatic carbocycles. The van der Waals surface area contributed by atoms with Crippen molar-refractivity contribution in [3.05, 3.63) is 62.1 Å². The summed E-state index contributed by atoms with van der Waals surface area (Å²) in [5, 5.41) is 11.6. The van der Waals surface area contributed by atoms with Crippen LogP contribution in [0.15, 0.2) is 36.4 Å². The number of hydrogen-bond donors (Lipinski definition) is 0. The van der Waals surface area contributed by atoms with Crippen LogP contribution < -0.4 is 4.74 Å². The van der Waals surface area contributed by atoms with Crippen molar-refractivity contribution in [2.75, 3.05) is 0 Å². The Hall–Kier alpha value is -1.49. The highest BCUT2D eigenvalue weighted by molar-refractivity contribution is 6.33. The number of para-hydroxylation sites is 1. The van der Waals surface area contributed by atoms with Crippen molar-refractivity contribution < 1.29 is 9.66 Å². The summed E-state index contributed by atoms with van der Waals surface area (Å²) >= 11 is 17.8. The van der Waals surface area contributed by atoms with Crippen molar-refractivity contribution in [2.24, 2.45) is 0 Å². The summed E-state index contributed by atoms with van der Waals surface area (Å²) in [4.78, 5) is 10.4. The molecule has 4 nitrogen and oxygen atoms in total. The zero-order valence-corrected chi connectivity index (χ0v) is 12.2. The Labute approximate surface area is 130 Å². The van der Waals surface area contributed by atoms with Gasteiger partial charge < -0.3 is 4.74 Å². The molecular weight excluding hydrogens is 325 g/mol. The molecule has 2 aromatic carbocycles. The van der Waals surface area contributed by atoms with Crippen molar-refractivity contribution in [1.29, 1.82) is 0 Å². The van der Waals surface area contributed by atoms with Crippen LogP contribution in [-0.4, -0.2) is 4.92 Å². The molecule has 2 aromatic rings. The molecule has 0 radical (unpaired) electrons. The number of nitro benzene ring substituents is 1. The van der Waals surface area contributed by atoms with Gasteiger partial charge >= 0.3 is 5.69 Å². The van der Waals surface area contributed by atoms with Gasteiger partial charge in [-0.3, -0.25) is 10.1 Å². The largest absolute Gasteiger partial charge is 0.448 e. The lowest BCUT2D eigenvalue weighted by molar-refractivity contribution is -0.385. The Morgan fingerprint density at radius 3 is 2.40 bits per heavy atom. The first kappa shape index (κ1) is 14.9. The highest BCUT2D eigenvalue weighted by Crippen LogP contribution is 2.40. The minimum Gasteiger partial charge on any atom is -0.448 e. The smallest absolute Gasteiger partial charge is 0.313 e. The summed E-state index contributed by atoms with van der Waals surface area (Å²) in [6.45, 7) is 0. The second-order valence-corrected chi connectivity index (χ2v) is 4.88. The number of nitro groups is 1. The Kier molecular flexibility index (Phi) is 4.70. The van der Waals surface area contributed by atoms with E-state index in [9.17, 15) is 10.1 Å². The molecule has 0 aliphatic rings. The lowest BCUT2D eigenvalue weighted by Gasteiger charge is -2.12. The molecule has 0 fully saturated rings. The van der Waals surface area contributed by atoms with Crippen molar-refractivity contribution in [3.63, 3.8) is 0 Å². The fourth-order valence-corrected chi connectivity index (χ4v) is 2.40. The zero-order valence-electron chi connectivity index (χ0n) is 9.98. The molecule has 0 heterocycles. The van der Waals surface area contributed by atoms with Gasteiger partial charge in [0.2, 0.25) is 5.75 Å². The second kappa shape index (κ2) is 6.31. The van der Waals surface area contributed by atoms with E-state index >= 15 is 0 Å². The first-order valence-electron chi connectivity index (χ1n) is 5.48. The van der Waals surface area contributed by atoms with Crippen molar-refractivity contribution >= 4 is 40.5 Å². The van der Waals surface area contributed by atoms with Gasteiger partial charge in [0.15, 0.2) is 0 Å². The van der Waals surface area contributed by atoms with Crippen LogP contribution in [0.1, 0.15) is 5.56 Å². The normalized spacial score (nSPS) is 10.3. The van der Waals surface area contributed by atoms with Gasteiger partial charge in [0.25, 0.3) is 0 Å². The van der Waals surface area contributed by atoms with Crippen LogP contribution in [0.5, 0.6) is 11.5 Å². The maximum atomic E-state index is 11.0. The van der Waals surface area contributed by atoms with Gasteiger partial charge in [-0.1, -0.05) is 35.3 Å². The summed E-state index contributed by atoms with van der Waals surface area (Å²) in [6, 6.07) is 9.24. The van der Waals surface area contributed by atoms with Crippen LogP contribution >= 0.6 is 34.8 Å². The molecule has 7 heteroatoms. The molecule has 2 rings (SSSR count). The molecule has 0 bridgehead atoms. The Bertz CT molecular complexity index is 661. The molecule has 0 atom stereocenters. The van der Waals surface area contributed by atoms with Crippen molar-refractivity contribution in [1.82, 2.24) is 0 Å². The fourth-order valence-electron chi connectivity index (χ4n) is 1.62. The molecule has 0 amide bonds. The maximum absolute atomic E-state index is 11.0. The minimum atomic E-state index is -0.563. The third-order valence-electron chi connectivity index (χ3n) is 2.56. The molecule has 0 saturated carbocycles. The SMILES string of the molecule is O=[N+]([O-])c1cccc(Cl)c1Oc1cccc(Cl)c1CCl. The maximum Gasteiger partial charge on any atom is 0.313 e. The predicted molar refractivity (Wildman–Crippen MR) is 79.2 cm³/mol. The van der Waals surface area contributed by atoms with Gasteiger partial charge in [0, 0.05) is 16.7 Å². The third kappa shape index (κ3) is 2.98. The number of nitrogens with zero attached hydrogens (tertiary/aromatic N) is 1. The van der Waals surface area contributed by atoms with Gasteiger partial charge in [-0.05, 0) is 18.2 Å². The number of ether oxygens (including phenoxy) is 1. The monoisotopic (exact) mass is 331 g/mol. The minimum absolute atomic E-state index is 0.0344. The zero-order chi connectivity index (χ0) is 14.7. The third-order valence-corrected chi connectivity index (χ3v) is 3.48. The van der Waals surface area contributed by atoms with Crippen LogP contribution in [0.2, 0.25) is 10.0 Å². The summed E-state index contributed by atoms with van der Waals surface area (Å²) in [7, 11) is 0. The van der Waals surface area contributed by atoms with Crippen molar-refractivity contribution in [3.8, 4) is 11.5 Å². The van der Waals surface area contributed by atoms with Crippen molar-refractivity contribution in [2.45, 2.75) is 5.88 Å². The first-order chi connectivity index (χ1) is 9.54. The molecule has 0 aliphatic heterocycles. The highest BCUT2D eigenvalue weighted by Gasteiger charge is 2.20. The lowest BCUT2D eigenvalue weighted by atomic mass is 10.2. The topological polar surface area (TPSA) is 52.4 Å². The Morgan fingerprint density at radius 2 is 1.75 bits per heavy atom. The van der Waals surface area contributed by atoms with Crippen LogP contribution in [0, 0.1) is 10.1 Å². The summed E-state index contributed by atoms with van der Waals surface area (Å²) < 4.78 is 5.56. The molecular formula is C13H8Cl3NO3. The highest BCUT2D eigenvalue weighted by atomic mass is 35.5. The van der Waals surface area contributed by atoms with E-state index in [0.29, 0.717) is 16.3 Å². The molecule has 104 valence electrons. The van der Waals surface area contributed by atoms with E-state index in [1.165, 1.54) is 18.2 Å². The van der Waals surface area contributed by atoms with Gasteiger partial charge in [0.05, 0.1) is 15.8 Å². The van der Waals surface area contributed by atoms with Crippen LogP contribution in [0.4, 0.5) is 5.69 Å². The molecule has 0 saturated heterocycles. The number of halogens is 3. The quantitative estimate of drug-likeness (QED) is 0.426. The van der Waals surface area contributed by atoms with E-state index in [-0.39, 0.29) is 22.3 Å². The Balaban J connectivity index is 2.50. The van der Waals surface area contributed by atoms with Gasteiger partial charge in [-0.25, -0.2) is 0 Å². The average molecular weight is 333 g/mol. The number of rotatable bonds is 4. The van der Waals surface area contributed by atoms with E-state index in [2.05, 4.69) is 0 Å². The molecule has 20 heavy (non-hydrogen) atoms. The van der Waals surface area contributed by atoms with E-state index < -0.39 is 4.92 Å². The number of hydrogen-bond acceptors (Lipinski definition) is 3. The van der Waals surface area contributed by atoms with E-state index in [0.717, 1.165) is 0 Å². The standard InChI is InChI=1S/C13H8Cl3NO3/c14-7-8-9(15)3-2-6-12(8)20-13-10(16)4-1-5-11(13)17(18)19/h1-6H,7H2. The second-order valence-electron chi connectivity index (χ2n) is 3.80. The molecule has 0 spiro atoms.